The Labute approximate surface area is 187 Å². The maximum absolute atomic E-state index is 14.8. The van der Waals surface area contributed by atoms with E-state index in [0.717, 1.165) is 12.3 Å². The van der Waals surface area contributed by atoms with Crippen LogP contribution < -0.4 is 0 Å². The fourth-order valence-corrected chi connectivity index (χ4v) is 3.21. The molecule has 1 heterocycles. The maximum Gasteiger partial charge on any atom is 0.487 e. The van der Waals surface area contributed by atoms with Gasteiger partial charge in [0.15, 0.2) is 0 Å². The molecule has 2 aromatic carbocycles. The third kappa shape index (κ3) is 6.38. The van der Waals surface area contributed by atoms with Crippen molar-refractivity contribution < 1.29 is 32.3 Å². The van der Waals surface area contributed by atoms with E-state index in [2.05, 4.69) is 4.98 Å². The molecule has 1 atom stereocenters. The molecule has 0 fully saturated rings. The summed E-state index contributed by atoms with van der Waals surface area (Å²) in [7, 11) is 0. The summed E-state index contributed by atoms with van der Waals surface area (Å²) in [6, 6.07) is 16.0. The third-order valence-corrected chi connectivity index (χ3v) is 4.99. The number of halogens is 4. The van der Waals surface area contributed by atoms with E-state index in [4.69, 9.17) is 5.11 Å². The van der Waals surface area contributed by atoms with Crippen molar-refractivity contribution in [1.29, 1.82) is 0 Å². The van der Waals surface area contributed by atoms with Crippen molar-refractivity contribution >= 4 is 11.9 Å². The zero-order chi connectivity index (χ0) is 24.0. The first kappa shape index (κ1) is 23.9. The van der Waals surface area contributed by atoms with E-state index in [9.17, 15) is 27.2 Å². The number of amides is 1. The normalized spacial score (nSPS) is 12.2. The molecule has 172 valence electrons. The lowest BCUT2D eigenvalue weighted by Crippen LogP contribution is -2.42. The predicted molar refractivity (Wildman–Crippen MR) is 112 cm³/mol. The minimum atomic E-state index is -4.94. The molecule has 3 rings (SSSR count). The monoisotopic (exact) mass is 460 g/mol. The number of nitrogens with zero attached hydrogens (tertiary/aromatic N) is 2. The quantitative estimate of drug-likeness (QED) is 0.352. The average molecular weight is 460 g/mol. The van der Waals surface area contributed by atoms with Gasteiger partial charge >= 0.3 is 12.3 Å². The van der Waals surface area contributed by atoms with Crippen LogP contribution in [0.15, 0.2) is 72.9 Å². The first-order valence-corrected chi connectivity index (χ1v) is 10.00. The summed E-state index contributed by atoms with van der Waals surface area (Å²) in [6.07, 6.45) is -5.12. The van der Waals surface area contributed by atoms with Gasteiger partial charge in [-0.2, -0.15) is 0 Å². The zero-order valence-corrected chi connectivity index (χ0v) is 17.3. The van der Waals surface area contributed by atoms with Gasteiger partial charge in [-0.15, -0.1) is 13.2 Å². The molecule has 0 spiro atoms. The number of alkyl halides is 4. The highest BCUT2D eigenvalue weighted by molar-refractivity contribution is 5.92. The minimum Gasteiger partial charge on any atom is -0.478 e. The van der Waals surface area contributed by atoms with Crippen molar-refractivity contribution in [3.05, 3.63) is 101 Å². The number of aromatic carboxylic acids is 1. The number of aryl methyl sites for hydroxylation is 1. The maximum atomic E-state index is 14.8. The molecular weight excluding hydrogens is 440 g/mol. The van der Waals surface area contributed by atoms with Gasteiger partial charge in [0, 0.05) is 6.20 Å². The Hall–Kier alpha value is -3.75. The summed E-state index contributed by atoms with van der Waals surface area (Å²) in [5.41, 5.74) is 0.639. The van der Waals surface area contributed by atoms with Crippen LogP contribution in [0.5, 0.6) is 0 Å². The van der Waals surface area contributed by atoms with E-state index in [0.29, 0.717) is 5.56 Å². The highest BCUT2D eigenvalue weighted by atomic mass is 19.4. The van der Waals surface area contributed by atoms with E-state index in [1.54, 1.807) is 30.3 Å². The SMILES string of the molecule is O=C(O)c1ccc(CCC(F)c2ccnc(C(=O)N(Cc3ccccc3)C(F)(F)F)c2)cc1. The topological polar surface area (TPSA) is 70.5 Å². The largest absolute Gasteiger partial charge is 0.487 e. The molecule has 33 heavy (non-hydrogen) atoms. The second-order valence-corrected chi connectivity index (χ2v) is 7.33. The molecule has 0 aliphatic rings. The van der Waals surface area contributed by atoms with E-state index in [1.165, 1.54) is 30.3 Å². The van der Waals surface area contributed by atoms with Crippen molar-refractivity contribution in [2.45, 2.75) is 31.9 Å². The lowest BCUT2D eigenvalue weighted by atomic mass is 10.0. The summed E-state index contributed by atoms with van der Waals surface area (Å²) in [4.78, 5) is 27.0. The van der Waals surface area contributed by atoms with Gasteiger partial charge in [-0.05, 0) is 53.8 Å². The van der Waals surface area contributed by atoms with Gasteiger partial charge in [-0.3, -0.25) is 9.78 Å². The fraction of sp³-hybridized carbons (Fsp3) is 0.208. The Bertz CT molecular complexity index is 1100. The molecule has 0 bridgehead atoms. The van der Waals surface area contributed by atoms with Gasteiger partial charge in [0.05, 0.1) is 12.1 Å². The number of aromatic nitrogens is 1. The number of carbonyl (C=O) groups is 2. The highest BCUT2D eigenvalue weighted by Crippen LogP contribution is 2.28. The number of benzene rings is 2. The van der Waals surface area contributed by atoms with Crippen LogP contribution in [0.25, 0.3) is 0 Å². The van der Waals surface area contributed by atoms with Crippen molar-refractivity contribution in [2.24, 2.45) is 0 Å². The molecule has 5 nitrogen and oxygen atoms in total. The standard InChI is InChI=1S/C24H20F4N2O3/c25-20(11-8-16-6-9-18(10-7-16)23(32)33)19-12-13-29-21(14-19)22(31)30(24(26,27)28)15-17-4-2-1-3-5-17/h1-7,9-10,12-14,20H,8,11,15H2,(H,32,33). The Balaban J connectivity index is 1.72. The van der Waals surface area contributed by atoms with Crippen LogP contribution >= 0.6 is 0 Å². The van der Waals surface area contributed by atoms with E-state index in [-0.39, 0.29) is 34.4 Å². The van der Waals surface area contributed by atoms with Gasteiger partial charge in [-0.1, -0.05) is 42.5 Å². The molecule has 0 saturated heterocycles. The number of hydrogen-bond donors (Lipinski definition) is 1. The summed E-state index contributed by atoms with van der Waals surface area (Å²) in [5.74, 6) is -2.44. The van der Waals surface area contributed by atoms with E-state index < -0.39 is 36.6 Å². The van der Waals surface area contributed by atoms with Gasteiger partial charge in [0.1, 0.15) is 11.9 Å². The Morgan fingerprint density at radius 1 is 0.970 bits per heavy atom. The molecule has 1 amide bonds. The molecule has 1 aromatic heterocycles. The summed E-state index contributed by atoms with van der Waals surface area (Å²) in [5, 5.41) is 8.92. The number of carbonyl (C=O) groups excluding carboxylic acids is 1. The van der Waals surface area contributed by atoms with Crippen molar-refractivity contribution in [3.63, 3.8) is 0 Å². The summed E-state index contributed by atoms with van der Waals surface area (Å²) in [6.45, 7) is -0.694. The van der Waals surface area contributed by atoms with Crippen LogP contribution in [0.3, 0.4) is 0 Å². The second kappa shape index (κ2) is 10.2. The van der Waals surface area contributed by atoms with Crippen LogP contribution in [0.1, 0.15) is 50.1 Å². The highest BCUT2D eigenvalue weighted by Gasteiger charge is 2.41. The van der Waals surface area contributed by atoms with Gasteiger partial charge in [0.2, 0.25) is 0 Å². The molecule has 3 aromatic rings. The molecule has 0 aliphatic heterocycles. The molecule has 1 N–H and O–H groups in total. The number of carboxylic acids is 1. The lowest BCUT2D eigenvalue weighted by Gasteiger charge is -2.25. The van der Waals surface area contributed by atoms with Crippen molar-refractivity contribution in [2.75, 3.05) is 0 Å². The van der Waals surface area contributed by atoms with Crippen LogP contribution in [0, 0.1) is 0 Å². The number of carboxylic acid groups (broad SMARTS) is 1. The van der Waals surface area contributed by atoms with E-state index in [1.807, 2.05) is 0 Å². The van der Waals surface area contributed by atoms with Crippen LogP contribution in [-0.2, 0) is 13.0 Å². The molecule has 1 unspecified atom stereocenters. The van der Waals surface area contributed by atoms with Crippen molar-refractivity contribution in [1.82, 2.24) is 9.88 Å². The van der Waals surface area contributed by atoms with Gasteiger partial charge in [-0.25, -0.2) is 14.1 Å². The van der Waals surface area contributed by atoms with Crippen LogP contribution in [0.4, 0.5) is 17.6 Å². The number of pyridine rings is 1. The molecule has 0 radical (unpaired) electrons. The Morgan fingerprint density at radius 3 is 2.24 bits per heavy atom. The lowest BCUT2D eigenvalue weighted by molar-refractivity contribution is -0.228. The molecule has 0 saturated carbocycles. The average Bonchev–Trinajstić information content (AvgIpc) is 2.81. The Kier molecular flexibility index (Phi) is 7.42. The smallest absolute Gasteiger partial charge is 0.478 e. The first-order chi connectivity index (χ1) is 15.6. The number of hydrogen-bond acceptors (Lipinski definition) is 3. The molecular formula is C24H20F4N2O3. The fourth-order valence-electron chi connectivity index (χ4n) is 3.21. The molecule has 0 aliphatic carbocycles. The van der Waals surface area contributed by atoms with Crippen molar-refractivity contribution in [3.8, 4) is 0 Å². The van der Waals surface area contributed by atoms with Gasteiger partial charge in [0.25, 0.3) is 5.91 Å². The predicted octanol–water partition coefficient (Wildman–Crippen LogP) is 5.59. The third-order valence-electron chi connectivity index (χ3n) is 4.99. The van der Waals surface area contributed by atoms with Crippen LogP contribution in [0.2, 0.25) is 0 Å². The molecule has 9 heteroatoms. The Morgan fingerprint density at radius 2 is 1.64 bits per heavy atom. The second-order valence-electron chi connectivity index (χ2n) is 7.33. The van der Waals surface area contributed by atoms with E-state index >= 15 is 0 Å². The van der Waals surface area contributed by atoms with Gasteiger partial charge < -0.3 is 5.11 Å². The summed E-state index contributed by atoms with van der Waals surface area (Å²) < 4.78 is 55.4. The first-order valence-electron chi connectivity index (χ1n) is 10.00. The zero-order valence-electron chi connectivity index (χ0n) is 17.3. The minimum absolute atomic E-state index is 0.00291. The van der Waals surface area contributed by atoms with Crippen LogP contribution in [-0.4, -0.2) is 33.2 Å². The summed E-state index contributed by atoms with van der Waals surface area (Å²) >= 11 is 0. The number of rotatable bonds is 8.